The molecule has 0 bridgehead atoms. The zero-order chi connectivity index (χ0) is 17.3. The Hall–Kier alpha value is -1.51. The number of carbonyl (C=O) groups is 1. The first-order chi connectivity index (χ1) is 11.4. The Morgan fingerprint density at radius 2 is 1.79 bits per heavy atom. The summed E-state index contributed by atoms with van der Waals surface area (Å²) in [6.45, 7) is 4.00. The van der Waals surface area contributed by atoms with Gasteiger partial charge in [0, 0.05) is 16.0 Å². The lowest BCUT2D eigenvalue weighted by Gasteiger charge is -2.41. The van der Waals surface area contributed by atoms with Crippen molar-refractivity contribution in [3.8, 4) is 0 Å². The third-order valence-corrected chi connectivity index (χ3v) is 5.51. The van der Waals surface area contributed by atoms with Crippen LogP contribution in [-0.4, -0.2) is 5.97 Å². The predicted molar refractivity (Wildman–Crippen MR) is 97.5 cm³/mol. The van der Waals surface area contributed by atoms with E-state index in [1.807, 2.05) is 56.3 Å². The third-order valence-electron chi connectivity index (χ3n) is 5.02. The summed E-state index contributed by atoms with van der Waals surface area (Å²) in [5.74, 6) is -0.0734. The zero-order valence-corrected chi connectivity index (χ0v) is 15.3. The molecule has 0 N–H and O–H groups in total. The maximum absolute atomic E-state index is 12.6. The molecule has 3 rings (SSSR count). The molecule has 0 saturated carbocycles. The predicted octanol–water partition coefficient (Wildman–Crippen LogP) is 6.18. The van der Waals surface area contributed by atoms with E-state index in [2.05, 4.69) is 6.07 Å². The highest BCUT2D eigenvalue weighted by Gasteiger charge is 2.46. The Bertz CT molecular complexity index is 742. The molecule has 24 heavy (non-hydrogen) atoms. The highest BCUT2D eigenvalue weighted by molar-refractivity contribution is 6.30. The van der Waals surface area contributed by atoms with E-state index in [-0.39, 0.29) is 18.0 Å². The van der Waals surface area contributed by atoms with E-state index in [0.29, 0.717) is 10.0 Å². The topological polar surface area (TPSA) is 26.3 Å². The van der Waals surface area contributed by atoms with Crippen molar-refractivity contribution in [2.24, 2.45) is 5.41 Å². The van der Waals surface area contributed by atoms with Crippen LogP contribution < -0.4 is 0 Å². The molecular formula is C20H20Cl2O2. The maximum atomic E-state index is 12.6. The van der Waals surface area contributed by atoms with Crippen LogP contribution in [-0.2, 0) is 9.53 Å². The van der Waals surface area contributed by atoms with Crippen LogP contribution in [0.1, 0.15) is 49.8 Å². The highest BCUT2D eigenvalue weighted by Crippen LogP contribution is 2.49. The van der Waals surface area contributed by atoms with Gasteiger partial charge >= 0.3 is 5.97 Å². The molecule has 2 aromatic carbocycles. The van der Waals surface area contributed by atoms with Crippen molar-refractivity contribution < 1.29 is 9.53 Å². The third kappa shape index (κ3) is 3.31. The Morgan fingerprint density at radius 3 is 2.42 bits per heavy atom. The smallest absolute Gasteiger partial charge is 0.312 e. The zero-order valence-electron chi connectivity index (χ0n) is 13.8. The van der Waals surface area contributed by atoms with E-state index in [1.54, 1.807) is 0 Å². The molecule has 4 heteroatoms. The number of hydrogen-bond donors (Lipinski definition) is 0. The Balaban J connectivity index is 2.04. The number of rotatable bonds is 3. The maximum Gasteiger partial charge on any atom is 0.312 e. The first-order valence-electron chi connectivity index (χ1n) is 8.15. The second-order valence-corrected chi connectivity index (χ2v) is 7.53. The first kappa shape index (κ1) is 17.3. The summed E-state index contributed by atoms with van der Waals surface area (Å²) >= 11 is 12.2. The molecule has 1 unspecified atom stereocenters. The second-order valence-electron chi connectivity index (χ2n) is 6.66. The lowest BCUT2D eigenvalue weighted by Crippen LogP contribution is -2.39. The van der Waals surface area contributed by atoms with E-state index in [1.165, 1.54) is 0 Å². The molecule has 0 amide bonds. The summed E-state index contributed by atoms with van der Waals surface area (Å²) in [6, 6.07) is 15.3. The summed E-state index contributed by atoms with van der Waals surface area (Å²) in [5, 5.41) is 1.36. The molecule has 0 spiro atoms. The summed E-state index contributed by atoms with van der Waals surface area (Å²) in [5.41, 5.74) is 1.57. The molecule has 3 atom stereocenters. The molecular weight excluding hydrogens is 343 g/mol. The van der Waals surface area contributed by atoms with Gasteiger partial charge < -0.3 is 4.74 Å². The van der Waals surface area contributed by atoms with Crippen LogP contribution in [0, 0.1) is 5.41 Å². The van der Waals surface area contributed by atoms with E-state index in [9.17, 15) is 4.79 Å². The minimum atomic E-state index is -0.476. The molecule has 1 aliphatic heterocycles. The summed E-state index contributed by atoms with van der Waals surface area (Å²) in [4.78, 5) is 12.6. The Morgan fingerprint density at radius 1 is 1.08 bits per heavy atom. The van der Waals surface area contributed by atoms with E-state index in [0.717, 1.165) is 24.0 Å². The minimum absolute atomic E-state index is 0.0625. The number of carbonyl (C=O) groups excluding carboxylic acids is 1. The van der Waals surface area contributed by atoms with E-state index < -0.39 is 5.41 Å². The van der Waals surface area contributed by atoms with Crippen LogP contribution in [0.25, 0.3) is 0 Å². The van der Waals surface area contributed by atoms with Crippen LogP contribution >= 0.6 is 23.2 Å². The molecule has 0 aliphatic carbocycles. The molecule has 0 radical (unpaired) electrons. The lowest BCUT2D eigenvalue weighted by atomic mass is 9.71. The lowest BCUT2D eigenvalue weighted by molar-refractivity contribution is -0.172. The molecule has 1 saturated heterocycles. The molecule has 2 nitrogen and oxygen atoms in total. The largest absolute Gasteiger partial charge is 0.456 e. The molecule has 1 fully saturated rings. The van der Waals surface area contributed by atoms with Crippen molar-refractivity contribution in [1.29, 1.82) is 0 Å². The molecule has 2 aromatic rings. The van der Waals surface area contributed by atoms with Gasteiger partial charge in [0.25, 0.3) is 0 Å². The standard InChI is InChI=1S/C20H20Cl2O2/c1-3-20(2)12-17(14-5-4-6-16(22)11-14)18(24-19(20)23)13-7-9-15(21)10-8-13/h4-11,17-18H,3,12H2,1-2H3/t17-,18?,20+/m1/s1. The van der Waals surface area contributed by atoms with Gasteiger partial charge in [0.1, 0.15) is 6.10 Å². The number of hydrogen-bond acceptors (Lipinski definition) is 2. The fraction of sp³-hybridized carbons (Fsp3) is 0.350. The molecule has 1 aliphatic rings. The van der Waals surface area contributed by atoms with Crippen molar-refractivity contribution in [2.45, 2.75) is 38.7 Å². The van der Waals surface area contributed by atoms with Gasteiger partial charge in [-0.05, 0) is 55.2 Å². The average Bonchev–Trinajstić information content (AvgIpc) is 2.58. The van der Waals surface area contributed by atoms with Crippen molar-refractivity contribution in [2.75, 3.05) is 0 Å². The van der Waals surface area contributed by atoms with Crippen LogP contribution in [0.3, 0.4) is 0 Å². The SMILES string of the molecule is CC[C@@]1(C)C[C@H](c2cccc(Cl)c2)C(c2ccc(Cl)cc2)OC1=O. The number of benzene rings is 2. The van der Waals surface area contributed by atoms with Gasteiger partial charge in [0.15, 0.2) is 0 Å². The summed E-state index contributed by atoms with van der Waals surface area (Å²) < 4.78 is 5.90. The number of halogens is 2. The average molecular weight is 363 g/mol. The van der Waals surface area contributed by atoms with Crippen LogP contribution in [0.15, 0.2) is 48.5 Å². The van der Waals surface area contributed by atoms with Gasteiger partial charge in [-0.15, -0.1) is 0 Å². The quantitative estimate of drug-likeness (QED) is 0.609. The minimum Gasteiger partial charge on any atom is -0.456 e. The first-order valence-corrected chi connectivity index (χ1v) is 8.90. The fourth-order valence-corrected chi connectivity index (χ4v) is 3.61. The highest BCUT2D eigenvalue weighted by atomic mass is 35.5. The van der Waals surface area contributed by atoms with Gasteiger partial charge in [-0.1, -0.05) is 54.4 Å². The molecule has 0 aromatic heterocycles. The number of esters is 1. The van der Waals surface area contributed by atoms with Gasteiger partial charge in [-0.25, -0.2) is 0 Å². The van der Waals surface area contributed by atoms with Gasteiger partial charge in [-0.2, -0.15) is 0 Å². The summed E-state index contributed by atoms with van der Waals surface area (Å²) in [6.07, 6.45) is 1.15. The van der Waals surface area contributed by atoms with E-state index >= 15 is 0 Å². The van der Waals surface area contributed by atoms with Crippen LogP contribution in [0.4, 0.5) is 0 Å². The molecule has 1 heterocycles. The van der Waals surface area contributed by atoms with Gasteiger partial charge in [-0.3, -0.25) is 4.79 Å². The fourth-order valence-electron chi connectivity index (χ4n) is 3.29. The van der Waals surface area contributed by atoms with Crippen LogP contribution in [0.2, 0.25) is 10.0 Å². The van der Waals surface area contributed by atoms with Crippen molar-refractivity contribution >= 4 is 29.2 Å². The monoisotopic (exact) mass is 362 g/mol. The van der Waals surface area contributed by atoms with E-state index in [4.69, 9.17) is 27.9 Å². The van der Waals surface area contributed by atoms with Gasteiger partial charge in [0.05, 0.1) is 5.41 Å². The van der Waals surface area contributed by atoms with Gasteiger partial charge in [0.2, 0.25) is 0 Å². The number of cyclic esters (lactones) is 1. The Labute approximate surface area is 152 Å². The number of ether oxygens (including phenoxy) is 1. The second kappa shape index (κ2) is 6.78. The van der Waals surface area contributed by atoms with Crippen molar-refractivity contribution in [3.05, 3.63) is 69.7 Å². The van der Waals surface area contributed by atoms with Crippen molar-refractivity contribution in [1.82, 2.24) is 0 Å². The van der Waals surface area contributed by atoms with Crippen molar-refractivity contribution in [3.63, 3.8) is 0 Å². The molecule has 126 valence electrons. The van der Waals surface area contributed by atoms with Crippen LogP contribution in [0.5, 0.6) is 0 Å². The normalized spacial score (nSPS) is 26.9. The summed E-state index contributed by atoms with van der Waals surface area (Å²) in [7, 11) is 0. The Kier molecular flexibility index (Phi) is 4.89.